The zero-order valence-corrected chi connectivity index (χ0v) is 18.2. The van der Waals surface area contributed by atoms with Gasteiger partial charge in [-0.25, -0.2) is 0 Å². The van der Waals surface area contributed by atoms with E-state index in [0.717, 1.165) is 36.4 Å². The van der Waals surface area contributed by atoms with Crippen LogP contribution in [0.4, 0.5) is 0 Å². The first-order valence-corrected chi connectivity index (χ1v) is 10.7. The molecule has 2 amide bonds. The molecule has 0 spiro atoms. The molecule has 2 heterocycles. The first-order valence-electron chi connectivity index (χ1n) is 10.7. The van der Waals surface area contributed by atoms with Crippen LogP contribution in [-0.4, -0.2) is 48.9 Å². The van der Waals surface area contributed by atoms with E-state index in [4.69, 9.17) is 4.74 Å². The summed E-state index contributed by atoms with van der Waals surface area (Å²) in [5, 5.41) is 0. The van der Waals surface area contributed by atoms with E-state index in [1.165, 1.54) is 0 Å². The highest BCUT2D eigenvalue weighted by Gasteiger charge is 2.44. The van der Waals surface area contributed by atoms with Gasteiger partial charge < -0.3 is 14.5 Å². The maximum atomic E-state index is 13.9. The van der Waals surface area contributed by atoms with Gasteiger partial charge in [-0.15, -0.1) is 0 Å². The van der Waals surface area contributed by atoms with E-state index in [9.17, 15) is 9.59 Å². The molecule has 5 heteroatoms. The molecule has 2 aliphatic rings. The van der Waals surface area contributed by atoms with Crippen LogP contribution >= 0.6 is 0 Å². The second-order valence-corrected chi connectivity index (χ2v) is 8.89. The second-order valence-electron chi connectivity index (χ2n) is 8.89. The molecule has 0 aliphatic carbocycles. The van der Waals surface area contributed by atoms with E-state index in [-0.39, 0.29) is 17.9 Å². The van der Waals surface area contributed by atoms with Gasteiger partial charge >= 0.3 is 0 Å². The fourth-order valence-electron chi connectivity index (χ4n) is 5.20. The van der Waals surface area contributed by atoms with Crippen LogP contribution in [0.15, 0.2) is 48.5 Å². The van der Waals surface area contributed by atoms with E-state index < -0.39 is 5.92 Å². The van der Waals surface area contributed by atoms with Gasteiger partial charge in [-0.05, 0) is 47.6 Å². The summed E-state index contributed by atoms with van der Waals surface area (Å²) in [5.74, 6) is 1.36. The van der Waals surface area contributed by atoms with Gasteiger partial charge in [0.25, 0.3) is 5.91 Å². The number of rotatable bonds is 3. The van der Waals surface area contributed by atoms with Crippen LogP contribution in [0.2, 0.25) is 0 Å². The Kier molecular flexibility index (Phi) is 5.54. The van der Waals surface area contributed by atoms with E-state index in [0.29, 0.717) is 17.4 Å². The third-order valence-electron chi connectivity index (χ3n) is 6.48. The SMILES string of the molecule is COc1ccc([C@@H]2[C@@H](C(=O)N3C[C@H](C)C[C@H](C)C3)c3ccccc3C(=O)N2C)cc1. The molecule has 0 bridgehead atoms. The van der Waals surface area contributed by atoms with Gasteiger partial charge in [0.2, 0.25) is 5.91 Å². The average molecular weight is 407 g/mol. The highest BCUT2D eigenvalue weighted by Crippen LogP contribution is 2.43. The molecular weight excluding hydrogens is 376 g/mol. The Labute approximate surface area is 178 Å². The van der Waals surface area contributed by atoms with E-state index in [1.54, 1.807) is 19.1 Å². The zero-order valence-electron chi connectivity index (χ0n) is 18.2. The molecule has 1 saturated heterocycles. The summed E-state index contributed by atoms with van der Waals surface area (Å²) in [6, 6.07) is 14.9. The van der Waals surface area contributed by atoms with Crippen molar-refractivity contribution in [1.29, 1.82) is 0 Å². The third-order valence-corrected chi connectivity index (χ3v) is 6.48. The lowest BCUT2D eigenvalue weighted by Crippen LogP contribution is -2.50. The van der Waals surface area contributed by atoms with Gasteiger partial charge in [-0.2, -0.15) is 0 Å². The van der Waals surface area contributed by atoms with Crippen LogP contribution in [0, 0.1) is 11.8 Å². The zero-order chi connectivity index (χ0) is 21.4. The first-order chi connectivity index (χ1) is 14.4. The fraction of sp³-hybridized carbons (Fsp3) is 0.440. The quantitative estimate of drug-likeness (QED) is 0.771. The summed E-state index contributed by atoms with van der Waals surface area (Å²) >= 11 is 0. The number of hydrogen-bond acceptors (Lipinski definition) is 3. The summed E-state index contributed by atoms with van der Waals surface area (Å²) in [6.45, 7) is 5.96. The van der Waals surface area contributed by atoms with Crippen molar-refractivity contribution >= 4 is 11.8 Å². The lowest BCUT2D eigenvalue weighted by Gasteiger charge is -2.43. The van der Waals surface area contributed by atoms with Gasteiger partial charge in [-0.3, -0.25) is 9.59 Å². The molecule has 1 fully saturated rings. The van der Waals surface area contributed by atoms with Gasteiger partial charge in [0, 0.05) is 25.7 Å². The lowest BCUT2D eigenvalue weighted by atomic mass is 9.78. The van der Waals surface area contributed by atoms with Crippen molar-refractivity contribution < 1.29 is 14.3 Å². The molecule has 4 rings (SSSR count). The van der Waals surface area contributed by atoms with Crippen molar-refractivity contribution in [2.24, 2.45) is 11.8 Å². The Hall–Kier alpha value is -2.82. The number of benzene rings is 2. The predicted octanol–water partition coefficient (Wildman–Crippen LogP) is 4.11. The number of likely N-dealkylation sites (N-methyl/N-ethyl adjacent to an activating group) is 1. The normalized spacial score (nSPS) is 26.3. The molecule has 4 atom stereocenters. The van der Waals surface area contributed by atoms with Crippen molar-refractivity contribution in [3.63, 3.8) is 0 Å². The number of likely N-dealkylation sites (tertiary alicyclic amines) is 1. The molecular formula is C25H30N2O3. The van der Waals surface area contributed by atoms with E-state index in [1.807, 2.05) is 53.4 Å². The maximum Gasteiger partial charge on any atom is 0.254 e. The summed E-state index contributed by atoms with van der Waals surface area (Å²) < 4.78 is 5.30. The molecule has 5 nitrogen and oxygen atoms in total. The predicted molar refractivity (Wildman–Crippen MR) is 117 cm³/mol. The van der Waals surface area contributed by atoms with Gasteiger partial charge in [0.1, 0.15) is 5.75 Å². The van der Waals surface area contributed by atoms with Crippen LogP contribution in [0.1, 0.15) is 53.7 Å². The molecule has 0 radical (unpaired) electrons. The molecule has 0 unspecified atom stereocenters. The number of carbonyl (C=O) groups excluding carboxylic acids is 2. The van der Waals surface area contributed by atoms with Crippen LogP contribution in [0.5, 0.6) is 5.75 Å². The molecule has 2 aromatic rings. The molecule has 0 N–H and O–H groups in total. The molecule has 0 saturated carbocycles. The summed E-state index contributed by atoms with van der Waals surface area (Å²) in [6.07, 6.45) is 1.14. The standard InChI is InChI=1S/C25H30N2O3/c1-16-13-17(2)15-27(14-16)25(29)22-20-7-5-6-8-21(20)24(28)26(3)23(22)18-9-11-19(30-4)12-10-18/h5-12,16-17,22-23H,13-15H2,1-4H3/t16-,17+,22-,23+/m0/s1. The van der Waals surface area contributed by atoms with Crippen molar-refractivity contribution in [3.8, 4) is 5.75 Å². The molecule has 0 aromatic heterocycles. The average Bonchev–Trinajstić information content (AvgIpc) is 2.75. The van der Waals surface area contributed by atoms with Crippen molar-refractivity contribution in [3.05, 3.63) is 65.2 Å². The minimum Gasteiger partial charge on any atom is -0.497 e. The summed E-state index contributed by atoms with van der Waals surface area (Å²) in [4.78, 5) is 30.8. The first kappa shape index (κ1) is 20.5. The fourth-order valence-corrected chi connectivity index (χ4v) is 5.20. The van der Waals surface area contributed by atoms with Crippen LogP contribution in [0.3, 0.4) is 0 Å². The Morgan fingerprint density at radius 3 is 2.27 bits per heavy atom. The second kappa shape index (κ2) is 8.13. The van der Waals surface area contributed by atoms with E-state index >= 15 is 0 Å². The topological polar surface area (TPSA) is 49.9 Å². The highest BCUT2D eigenvalue weighted by atomic mass is 16.5. The van der Waals surface area contributed by atoms with Crippen molar-refractivity contribution in [1.82, 2.24) is 9.80 Å². The maximum absolute atomic E-state index is 13.9. The number of piperidine rings is 1. The Morgan fingerprint density at radius 1 is 1.00 bits per heavy atom. The number of ether oxygens (including phenoxy) is 1. The number of amides is 2. The summed E-state index contributed by atoms with van der Waals surface area (Å²) in [5.41, 5.74) is 2.40. The van der Waals surface area contributed by atoms with Crippen molar-refractivity contribution in [2.75, 3.05) is 27.2 Å². The monoisotopic (exact) mass is 406 g/mol. The smallest absolute Gasteiger partial charge is 0.254 e. The Morgan fingerprint density at radius 2 is 1.63 bits per heavy atom. The third kappa shape index (κ3) is 3.57. The Balaban J connectivity index is 1.80. The van der Waals surface area contributed by atoms with Crippen LogP contribution in [-0.2, 0) is 4.79 Å². The minimum absolute atomic E-state index is 0.0455. The highest BCUT2D eigenvalue weighted by molar-refractivity contribution is 6.01. The van der Waals surface area contributed by atoms with E-state index in [2.05, 4.69) is 13.8 Å². The Bertz CT molecular complexity index is 930. The number of methoxy groups -OCH3 is 1. The molecule has 2 aromatic carbocycles. The molecule has 2 aliphatic heterocycles. The number of fused-ring (bicyclic) bond motifs is 1. The molecule has 158 valence electrons. The minimum atomic E-state index is -0.421. The lowest BCUT2D eigenvalue weighted by molar-refractivity contribution is -0.137. The summed E-state index contributed by atoms with van der Waals surface area (Å²) in [7, 11) is 3.43. The molecule has 30 heavy (non-hydrogen) atoms. The number of hydrogen-bond donors (Lipinski definition) is 0. The van der Waals surface area contributed by atoms with Crippen molar-refractivity contribution in [2.45, 2.75) is 32.2 Å². The van der Waals surface area contributed by atoms with Crippen LogP contribution < -0.4 is 4.74 Å². The largest absolute Gasteiger partial charge is 0.497 e. The number of nitrogens with zero attached hydrogens (tertiary/aromatic N) is 2. The van der Waals surface area contributed by atoms with Gasteiger partial charge in [0.05, 0.1) is 19.1 Å². The van der Waals surface area contributed by atoms with Crippen LogP contribution in [0.25, 0.3) is 0 Å². The van der Waals surface area contributed by atoms with Gasteiger partial charge in [-0.1, -0.05) is 44.2 Å². The van der Waals surface area contributed by atoms with Gasteiger partial charge in [0.15, 0.2) is 0 Å². The number of carbonyl (C=O) groups is 2.